The quantitative estimate of drug-likeness (QED) is 0.821. The van der Waals surface area contributed by atoms with E-state index in [0.717, 1.165) is 31.6 Å². The summed E-state index contributed by atoms with van der Waals surface area (Å²) in [4.78, 5) is 8.32. The number of methoxy groups -OCH3 is 1. The molecule has 0 bridgehead atoms. The van der Waals surface area contributed by atoms with Crippen molar-refractivity contribution in [3.05, 3.63) is 18.5 Å². The van der Waals surface area contributed by atoms with E-state index in [9.17, 15) is 0 Å². The first-order valence-corrected chi connectivity index (χ1v) is 5.45. The average molecular weight is 207 g/mol. The highest BCUT2D eigenvalue weighted by atomic mass is 16.5. The van der Waals surface area contributed by atoms with Gasteiger partial charge in [-0.15, -0.1) is 0 Å². The number of hydrogen-bond acceptors (Lipinski definition) is 4. The third kappa shape index (κ3) is 2.89. The molecule has 82 valence electrons. The summed E-state index contributed by atoms with van der Waals surface area (Å²) in [6.45, 7) is 0. The van der Waals surface area contributed by atoms with Gasteiger partial charge in [0, 0.05) is 25.5 Å². The summed E-state index contributed by atoms with van der Waals surface area (Å²) < 4.78 is 5.33. The Labute approximate surface area is 90.1 Å². The van der Waals surface area contributed by atoms with Crippen molar-refractivity contribution in [3.63, 3.8) is 0 Å². The summed E-state index contributed by atoms with van der Waals surface area (Å²) >= 11 is 0. The van der Waals surface area contributed by atoms with Crippen molar-refractivity contribution >= 4 is 5.95 Å². The summed E-state index contributed by atoms with van der Waals surface area (Å²) in [7, 11) is 1.79. The lowest BCUT2D eigenvalue weighted by atomic mass is 9.93. The van der Waals surface area contributed by atoms with Crippen LogP contribution in [-0.2, 0) is 4.74 Å². The minimum Gasteiger partial charge on any atom is -0.381 e. The minimum absolute atomic E-state index is 0.444. The highest BCUT2D eigenvalue weighted by Gasteiger charge is 2.20. The monoisotopic (exact) mass is 207 g/mol. The Kier molecular flexibility index (Phi) is 3.50. The van der Waals surface area contributed by atoms with E-state index >= 15 is 0 Å². The van der Waals surface area contributed by atoms with Gasteiger partial charge >= 0.3 is 0 Å². The Morgan fingerprint density at radius 3 is 2.47 bits per heavy atom. The van der Waals surface area contributed by atoms with Gasteiger partial charge in [-0.1, -0.05) is 0 Å². The highest BCUT2D eigenvalue weighted by molar-refractivity contribution is 5.24. The highest BCUT2D eigenvalue weighted by Crippen LogP contribution is 2.22. The lowest BCUT2D eigenvalue weighted by Gasteiger charge is -2.28. The van der Waals surface area contributed by atoms with Gasteiger partial charge < -0.3 is 10.1 Å². The maximum atomic E-state index is 5.33. The number of nitrogens with one attached hydrogen (secondary N) is 1. The second kappa shape index (κ2) is 5.07. The molecule has 1 aromatic rings. The maximum absolute atomic E-state index is 5.33. The van der Waals surface area contributed by atoms with Gasteiger partial charge in [0.2, 0.25) is 5.95 Å². The standard InChI is InChI=1S/C11H17N3O/c1-15-10-5-3-9(4-6-10)14-11-12-7-2-8-13-11/h2,7-10H,3-6H2,1H3,(H,12,13,14). The van der Waals surface area contributed by atoms with Crippen LogP contribution < -0.4 is 5.32 Å². The van der Waals surface area contributed by atoms with Crippen LogP contribution in [0.15, 0.2) is 18.5 Å². The molecule has 1 aromatic heterocycles. The van der Waals surface area contributed by atoms with E-state index in [-0.39, 0.29) is 0 Å². The van der Waals surface area contributed by atoms with E-state index in [2.05, 4.69) is 15.3 Å². The Morgan fingerprint density at radius 1 is 1.20 bits per heavy atom. The zero-order valence-corrected chi connectivity index (χ0v) is 9.02. The normalized spacial score (nSPS) is 26.2. The molecule has 2 rings (SSSR count). The summed E-state index contributed by atoms with van der Waals surface area (Å²) in [6.07, 6.45) is 8.49. The third-order valence-electron chi connectivity index (χ3n) is 2.91. The molecule has 1 fully saturated rings. The molecule has 1 aliphatic rings. The van der Waals surface area contributed by atoms with Crippen LogP contribution >= 0.6 is 0 Å². The molecule has 1 saturated carbocycles. The predicted octanol–water partition coefficient (Wildman–Crippen LogP) is 1.85. The molecule has 1 aliphatic carbocycles. The fourth-order valence-electron chi connectivity index (χ4n) is 2.00. The molecule has 1 heterocycles. The van der Waals surface area contributed by atoms with Gasteiger partial charge in [0.25, 0.3) is 0 Å². The Balaban J connectivity index is 1.82. The van der Waals surface area contributed by atoms with E-state index in [1.165, 1.54) is 0 Å². The molecule has 4 heteroatoms. The van der Waals surface area contributed by atoms with Crippen LogP contribution in [0.3, 0.4) is 0 Å². The van der Waals surface area contributed by atoms with E-state index in [1.807, 2.05) is 6.07 Å². The van der Waals surface area contributed by atoms with E-state index in [0.29, 0.717) is 12.1 Å². The van der Waals surface area contributed by atoms with Gasteiger partial charge in [-0.3, -0.25) is 0 Å². The van der Waals surface area contributed by atoms with Gasteiger partial charge in [-0.05, 0) is 31.7 Å². The smallest absolute Gasteiger partial charge is 0.222 e. The number of anilines is 1. The number of aromatic nitrogens is 2. The van der Waals surface area contributed by atoms with Crippen LogP contribution in [-0.4, -0.2) is 29.2 Å². The van der Waals surface area contributed by atoms with E-state index < -0.39 is 0 Å². The number of nitrogens with zero attached hydrogens (tertiary/aromatic N) is 2. The van der Waals surface area contributed by atoms with Crippen molar-refractivity contribution in [2.75, 3.05) is 12.4 Å². The SMILES string of the molecule is COC1CCC(Nc2ncccn2)CC1. The summed E-state index contributed by atoms with van der Waals surface area (Å²) in [5, 5.41) is 3.35. The molecule has 4 nitrogen and oxygen atoms in total. The maximum Gasteiger partial charge on any atom is 0.222 e. The van der Waals surface area contributed by atoms with Crippen molar-refractivity contribution in [1.82, 2.24) is 9.97 Å². The molecule has 0 atom stereocenters. The Bertz CT molecular complexity index is 283. The van der Waals surface area contributed by atoms with Crippen molar-refractivity contribution < 1.29 is 4.74 Å². The van der Waals surface area contributed by atoms with E-state index in [1.54, 1.807) is 19.5 Å². The number of ether oxygens (including phenoxy) is 1. The molecule has 0 aromatic carbocycles. The van der Waals surface area contributed by atoms with Crippen LogP contribution in [0.4, 0.5) is 5.95 Å². The van der Waals surface area contributed by atoms with Crippen molar-refractivity contribution in [3.8, 4) is 0 Å². The zero-order valence-electron chi connectivity index (χ0n) is 9.02. The first-order chi connectivity index (χ1) is 7.38. The van der Waals surface area contributed by atoms with Crippen LogP contribution in [0.25, 0.3) is 0 Å². The molecular formula is C11H17N3O. The molecule has 0 spiro atoms. The van der Waals surface area contributed by atoms with Crippen molar-refractivity contribution in [2.24, 2.45) is 0 Å². The van der Waals surface area contributed by atoms with Crippen LogP contribution in [0.2, 0.25) is 0 Å². The van der Waals surface area contributed by atoms with E-state index in [4.69, 9.17) is 4.74 Å². The second-order valence-electron chi connectivity index (χ2n) is 3.93. The molecule has 0 saturated heterocycles. The molecule has 1 N–H and O–H groups in total. The Hall–Kier alpha value is -1.16. The number of hydrogen-bond donors (Lipinski definition) is 1. The third-order valence-corrected chi connectivity index (χ3v) is 2.91. The molecule has 0 aliphatic heterocycles. The average Bonchev–Trinajstić information content (AvgIpc) is 2.31. The van der Waals surface area contributed by atoms with Gasteiger partial charge in [0.05, 0.1) is 6.10 Å². The molecule has 0 unspecified atom stereocenters. The van der Waals surface area contributed by atoms with Crippen LogP contribution in [0, 0.1) is 0 Å². The number of rotatable bonds is 3. The lowest BCUT2D eigenvalue weighted by Crippen LogP contribution is -2.29. The van der Waals surface area contributed by atoms with Crippen LogP contribution in [0.1, 0.15) is 25.7 Å². The van der Waals surface area contributed by atoms with Crippen molar-refractivity contribution in [1.29, 1.82) is 0 Å². The fourth-order valence-corrected chi connectivity index (χ4v) is 2.00. The van der Waals surface area contributed by atoms with Gasteiger partial charge in [-0.2, -0.15) is 0 Å². The topological polar surface area (TPSA) is 47.0 Å². The van der Waals surface area contributed by atoms with Gasteiger partial charge in [0.15, 0.2) is 0 Å². The summed E-state index contributed by atoms with van der Waals surface area (Å²) in [5.74, 6) is 0.735. The summed E-state index contributed by atoms with van der Waals surface area (Å²) in [6, 6.07) is 2.33. The molecule has 15 heavy (non-hydrogen) atoms. The fraction of sp³-hybridized carbons (Fsp3) is 0.636. The van der Waals surface area contributed by atoms with Gasteiger partial charge in [-0.25, -0.2) is 9.97 Å². The predicted molar refractivity (Wildman–Crippen MR) is 58.7 cm³/mol. The minimum atomic E-state index is 0.444. The Morgan fingerprint density at radius 2 is 1.87 bits per heavy atom. The molecular weight excluding hydrogens is 190 g/mol. The zero-order chi connectivity index (χ0) is 10.5. The lowest BCUT2D eigenvalue weighted by molar-refractivity contribution is 0.0681. The van der Waals surface area contributed by atoms with Crippen molar-refractivity contribution in [2.45, 2.75) is 37.8 Å². The largest absolute Gasteiger partial charge is 0.381 e. The second-order valence-corrected chi connectivity index (χ2v) is 3.93. The summed E-state index contributed by atoms with van der Waals surface area (Å²) in [5.41, 5.74) is 0. The van der Waals surface area contributed by atoms with Gasteiger partial charge in [0.1, 0.15) is 0 Å². The first kappa shape index (κ1) is 10.4. The molecule has 0 radical (unpaired) electrons. The first-order valence-electron chi connectivity index (χ1n) is 5.45. The molecule has 0 amide bonds. The van der Waals surface area contributed by atoms with Crippen LogP contribution in [0.5, 0.6) is 0 Å².